The molecule has 102 valence electrons. The van der Waals surface area contributed by atoms with E-state index in [9.17, 15) is 14.0 Å². The van der Waals surface area contributed by atoms with E-state index in [1.54, 1.807) is 24.1 Å². The Kier molecular flexibility index (Phi) is 3.83. The van der Waals surface area contributed by atoms with Crippen molar-refractivity contribution in [1.29, 1.82) is 0 Å². The van der Waals surface area contributed by atoms with Gasteiger partial charge in [-0.25, -0.2) is 4.39 Å². The molecular weight excluding hydrogens is 249 g/mol. The average Bonchev–Trinajstić information content (AvgIpc) is 3.17. The number of carboxylic acid groups (broad SMARTS) is 1. The van der Waals surface area contributed by atoms with Gasteiger partial charge in [0.15, 0.2) is 0 Å². The molecule has 0 saturated heterocycles. The minimum Gasteiger partial charge on any atom is -0.481 e. The quantitative estimate of drug-likeness (QED) is 0.878. The zero-order valence-corrected chi connectivity index (χ0v) is 10.7. The van der Waals surface area contributed by atoms with E-state index in [0.29, 0.717) is 19.4 Å². The number of carboxylic acids is 1. The summed E-state index contributed by atoms with van der Waals surface area (Å²) in [5.74, 6) is -2.17. The van der Waals surface area contributed by atoms with Crippen molar-refractivity contribution in [3.05, 3.63) is 35.6 Å². The molecule has 0 aromatic heterocycles. The second kappa shape index (κ2) is 5.38. The summed E-state index contributed by atoms with van der Waals surface area (Å²) in [4.78, 5) is 24.2. The molecule has 1 saturated carbocycles. The Bertz CT molecular complexity index is 486. The summed E-state index contributed by atoms with van der Waals surface area (Å²) < 4.78 is 12.7. The Morgan fingerprint density at radius 1 is 1.32 bits per heavy atom. The van der Waals surface area contributed by atoms with E-state index in [1.807, 2.05) is 0 Å². The van der Waals surface area contributed by atoms with Gasteiger partial charge in [0, 0.05) is 13.6 Å². The van der Waals surface area contributed by atoms with Gasteiger partial charge in [0.2, 0.25) is 5.91 Å². The van der Waals surface area contributed by atoms with Crippen LogP contribution in [-0.2, 0) is 16.0 Å². The molecule has 0 unspecified atom stereocenters. The van der Waals surface area contributed by atoms with Crippen LogP contribution in [0.1, 0.15) is 12.0 Å². The van der Waals surface area contributed by atoms with Gasteiger partial charge in [-0.05, 0) is 30.5 Å². The lowest BCUT2D eigenvalue weighted by molar-refractivity contribution is -0.141. The van der Waals surface area contributed by atoms with E-state index in [-0.39, 0.29) is 17.6 Å². The van der Waals surface area contributed by atoms with Gasteiger partial charge in [0.05, 0.1) is 11.8 Å². The molecular formula is C14H16FNO3. The van der Waals surface area contributed by atoms with Crippen LogP contribution in [0.2, 0.25) is 0 Å². The molecule has 1 aromatic carbocycles. The molecule has 5 heteroatoms. The molecule has 0 aliphatic heterocycles. The van der Waals surface area contributed by atoms with Crippen LogP contribution in [-0.4, -0.2) is 35.5 Å². The topological polar surface area (TPSA) is 57.6 Å². The third-order valence-electron chi connectivity index (χ3n) is 3.45. The first-order valence-corrected chi connectivity index (χ1v) is 6.21. The Labute approximate surface area is 110 Å². The second-order valence-corrected chi connectivity index (χ2v) is 4.92. The van der Waals surface area contributed by atoms with Crippen molar-refractivity contribution >= 4 is 11.9 Å². The number of carbonyl (C=O) groups excluding carboxylic acids is 1. The van der Waals surface area contributed by atoms with Gasteiger partial charge in [-0.2, -0.15) is 0 Å². The van der Waals surface area contributed by atoms with Gasteiger partial charge in [0.25, 0.3) is 0 Å². The zero-order chi connectivity index (χ0) is 14.0. The first kappa shape index (κ1) is 13.5. The van der Waals surface area contributed by atoms with Crippen LogP contribution in [0.5, 0.6) is 0 Å². The molecule has 2 atom stereocenters. The van der Waals surface area contributed by atoms with Crippen LogP contribution in [0.15, 0.2) is 24.3 Å². The Balaban J connectivity index is 1.81. The molecule has 1 amide bonds. The Morgan fingerprint density at radius 3 is 2.47 bits per heavy atom. The fourth-order valence-electron chi connectivity index (χ4n) is 2.08. The summed E-state index contributed by atoms with van der Waals surface area (Å²) in [5, 5.41) is 8.78. The molecule has 0 bridgehead atoms. The molecule has 2 rings (SSSR count). The summed E-state index contributed by atoms with van der Waals surface area (Å²) in [6.45, 7) is 0.507. The number of aliphatic carboxylic acids is 1. The smallest absolute Gasteiger partial charge is 0.307 e. The van der Waals surface area contributed by atoms with Crippen LogP contribution in [0, 0.1) is 17.7 Å². The van der Waals surface area contributed by atoms with E-state index in [1.165, 1.54) is 12.1 Å². The van der Waals surface area contributed by atoms with Crippen LogP contribution >= 0.6 is 0 Å². The molecule has 1 N–H and O–H groups in total. The minimum atomic E-state index is -0.898. The summed E-state index contributed by atoms with van der Waals surface area (Å²) >= 11 is 0. The molecule has 1 aliphatic rings. The third-order valence-corrected chi connectivity index (χ3v) is 3.45. The number of hydrogen-bond donors (Lipinski definition) is 1. The van der Waals surface area contributed by atoms with Crippen molar-refractivity contribution < 1.29 is 19.1 Å². The number of benzene rings is 1. The normalized spacial score (nSPS) is 20.9. The van der Waals surface area contributed by atoms with Gasteiger partial charge in [-0.15, -0.1) is 0 Å². The highest BCUT2D eigenvalue weighted by atomic mass is 19.1. The molecule has 1 aliphatic carbocycles. The average molecular weight is 265 g/mol. The third kappa shape index (κ3) is 3.30. The number of likely N-dealkylation sites (N-methyl/N-ethyl adjacent to an activating group) is 1. The fraction of sp³-hybridized carbons (Fsp3) is 0.429. The maximum atomic E-state index is 12.7. The van der Waals surface area contributed by atoms with Crippen molar-refractivity contribution in [2.24, 2.45) is 11.8 Å². The van der Waals surface area contributed by atoms with Crippen molar-refractivity contribution in [1.82, 2.24) is 4.90 Å². The monoisotopic (exact) mass is 265 g/mol. The van der Waals surface area contributed by atoms with Gasteiger partial charge in [-0.3, -0.25) is 9.59 Å². The Hall–Kier alpha value is -1.91. The van der Waals surface area contributed by atoms with Gasteiger partial charge in [-0.1, -0.05) is 12.1 Å². The molecule has 0 radical (unpaired) electrons. The number of halogens is 1. The van der Waals surface area contributed by atoms with E-state index >= 15 is 0 Å². The van der Waals surface area contributed by atoms with Crippen LogP contribution < -0.4 is 0 Å². The van der Waals surface area contributed by atoms with Crippen molar-refractivity contribution in [3.8, 4) is 0 Å². The van der Waals surface area contributed by atoms with Crippen molar-refractivity contribution in [2.45, 2.75) is 12.8 Å². The summed E-state index contributed by atoms with van der Waals surface area (Å²) in [7, 11) is 1.67. The summed E-state index contributed by atoms with van der Waals surface area (Å²) in [6.07, 6.45) is 1.07. The Morgan fingerprint density at radius 2 is 1.95 bits per heavy atom. The zero-order valence-electron chi connectivity index (χ0n) is 10.7. The molecule has 1 aromatic rings. The first-order chi connectivity index (χ1) is 8.99. The SMILES string of the molecule is CN(CCc1ccc(F)cc1)C(=O)[C@H]1C[C@H]1C(=O)O. The number of hydrogen-bond acceptors (Lipinski definition) is 2. The lowest BCUT2D eigenvalue weighted by atomic mass is 10.1. The number of nitrogens with zero attached hydrogens (tertiary/aromatic N) is 1. The molecule has 19 heavy (non-hydrogen) atoms. The van der Waals surface area contributed by atoms with E-state index in [4.69, 9.17) is 5.11 Å². The van der Waals surface area contributed by atoms with Gasteiger partial charge >= 0.3 is 5.97 Å². The number of amides is 1. The van der Waals surface area contributed by atoms with E-state index < -0.39 is 11.9 Å². The predicted molar refractivity (Wildman–Crippen MR) is 67.0 cm³/mol. The lowest BCUT2D eigenvalue weighted by Crippen LogP contribution is -2.31. The minimum absolute atomic E-state index is 0.116. The number of rotatable bonds is 5. The van der Waals surface area contributed by atoms with Crippen LogP contribution in [0.3, 0.4) is 0 Å². The standard InChI is InChI=1S/C14H16FNO3/c1-16(13(17)11-8-12(11)14(18)19)7-6-9-2-4-10(15)5-3-9/h2-5,11-12H,6-8H2,1H3,(H,18,19)/t11-,12+/m0/s1. The van der Waals surface area contributed by atoms with Crippen LogP contribution in [0.25, 0.3) is 0 Å². The number of carbonyl (C=O) groups is 2. The highest BCUT2D eigenvalue weighted by Gasteiger charge is 2.49. The molecule has 1 fully saturated rings. The highest BCUT2D eigenvalue weighted by molar-refractivity contribution is 5.89. The summed E-state index contributed by atoms with van der Waals surface area (Å²) in [5.41, 5.74) is 0.951. The summed E-state index contributed by atoms with van der Waals surface area (Å²) in [6, 6.07) is 6.15. The lowest BCUT2D eigenvalue weighted by Gasteiger charge is -2.17. The maximum Gasteiger partial charge on any atom is 0.307 e. The second-order valence-electron chi connectivity index (χ2n) is 4.92. The highest BCUT2D eigenvalue weighted by Crippen LogP contribution is 2.39. The fourth-order valence-corrected chi connectivity index (χ4v) is 2.08. The van der Waals surface area contributed by atoms with Crippen molar-refractivity contribution in [2.75, 3.05) is 13.6 Å². The molecule has 4 nitrogen and oxygen atoms in total. The molecule has 0 heterocycles. The van der Waals surface area contributed by atoms with E-state index in [0.717, 1.165) is 5.56 Å². The first-order valence-electron chi connectivity index (χ1n) is 6.21. The van der Waals surface area contributed by atoms with Crippen LogP contribution in [0.4, 0.5) is 4.39 Å². The van der Waals surface area contributed by atoms with Gasteiger partial charge < -0.3 is 10.0 Å². The van der Waals surface area contributed by atoms with E-state index in [2.05, 4.69) is 0 Å². The predicted octanol–water partition coefficient (Wildman–Crippen LogP) is 1.55. The maximum absolute atomic E-state index is 12.7. The van der Waals surface area contributed by atoms with Crippen molar-refractivity contribution in [3.63, 3.8) is 0 Å². The van der Waals surface area contributed by atoms with Gasteiger partial charge in [0.1, 0.15) is 5.82 Å². The molecule has 0 spiro atoms. The largest absolute Gasteiger partial charge is 0.481 e.